The predicted octanol–water partition coefficient (Wildman–Crippen LogP) is 0.165. The van der Waals surface area contributed by atoms with Gasteiger partial charge in [0.25, 0.3) is 11.5 Å². The molecule has 0 bridgehead atoms. The number of halogens is 1. The molecule has 2 N–H and O–H groups in total. The third-order valence-corrected chi connectivity index (χ3v) is 3.81. The summed E-state index contributed by atoms with van der Waals surface area (Å²) in [5, 5.41) is 0. The number of H-pyrrole nitrogens is 2. The highest BCUT2D eigenvalue weighted by Crippen LogP contribution is 2.20. The van der Waals surface area contributed by atoms with Crippen LogP contribution in [0, 0.1) is 5.82 Å². The Morgan fingerprint density at radius 1 is 1.09 bits per heavy atom. The van der Waals surface area contributed by atoms with Crippen LogP contribution in [0.25, 0.3) is 0 Å². The highest BCUT2D eigenvalue weighted by Gasteiger charge is 2.25. The summed E-state index contributed by atoms with van der Waals surface area (Å²) in [6.45, 7) is 1.67. The average Bonchev–Trinajstić information content (AvgIpc) is 2.55. The second-order valence-electron chi connectivity index (χ2n) is 5.22. The number of nitrogens with one attached hydrogen (secondary N) is 2. The molecule has 1 saturated heterocycles. The SMILES string of the molecule is O=C(c1c[nH]c(=O)[nH]c1=O)N1CCN(c2ccccc2F)CC1. The summed E-state index contributed by atoms with van der Waals surface area (Å²) < 4.78 is 13.8. The molecular weight excluding hydrogens is 303 g/mol. The maximum atomic E-state index is 13.8. The van der Waals surface area contributed by atoms with Crippen LogP contribution < -0.4 is 16.1 Å². The van der Waals surface area contributed by atoms with E-state index < -0.39 is 17.2 Å². The van der Waals surface area contributed by atoms with E-state index in [2.05, 4.69) is 4.98 Å². The molecule has 1 amide bonds. The summed E-state index contributed by atoms with van der Waals surface area (Å²) in [5.74, 6) is -0.750. The van der Waals surface area contributed by atoms with Gasteiger partial charge in [0, 0.05) is 32.4 Å². The first-order chi connectivity index (χ1) is 11.1. The van der Waals surface area contributed by atoms with E-state index in [4.69, 9.17) is 0 Å². The van der Waals surface area contributed by atoms with E-state index in [-0.39, 0.29) is 11.4 Å². The molecule has 8 heteroatoms. The normalized spacial score (nSPS) is 14.8. The summed E-state index contributed by atoms with van der Waals surface area (Å²) in [6, 6.07) is 6.48. The van der Waals surface area contributed by atoms with Gasteiger partial charge in [-0.2, -0.15) is 0 Å². The van der Waals surface area contributed by atoms with E-state index in [0.29, 0.717) is 31.9 Å². The number of aromatic nitrogens is 2. The van der Waals surface area contributed by atoms with Crippen LogP contribution in [0.15, 0.2) is 40.1 Å². The Bertz CT molecular complexity index is 837. The van der Waals surface area contributed by atoms with Gasteiger partial charge in [-0.3, -0.25) is 14.6 Å². The number of piperazine rings is 1. The van der Waals surface area contributed by atoms with Crippen LogP contribution in [0.5, 0.6) is 0 Å². The van der Waals surface area contributed by atoms with E-state index in [1.165, 1.54) is 11.0 Å². The number of anilines is 1. The molecule has 2 aromatic rings. The highest BCUT2D eigenvalue weighted by molar-refractivity contribution is 5.93. The van der Waals surface area contributed by atoms with Crippen molar-refractivity contribution in [3.63, 3.8) is 0 Å². The lowest BCUT2D eigenvalue weighted by atomic mass is 10.2. The smallest absolute Gasteiger partial charge is 0.325 e. The molecule has 0 atom stereocenters. The minimum atomic E-state index is -0.713. The number of aromatic amines is 2. The largest absolute Gasteiger partial charge is 0.366 e. The van der Waals surface area contributed by atoms with E-state index in [1.807, 2.05) is 9.88 Å². The molecule has 120 valence electrons. The summed E-state index contributed by atoms with van der Waals surface area (Å²) in [4.78, 5) is 42.7. The van der Waals surface area contributed by atoms with Crippen molar-refractivity contribution in [1.29, 1.82) is 0 Å². The minimum absolute atomic E-state index is 0.107. The lowest BCUT2D eigenvalue weighted by Gasteiger charge is -2.36. The van der Waals surface area contributed by atoms with Crippen LogP contribution in [0.4, 0.5) is 10.1 Å². The zero-order valence-electron chi connectivity index (χ0n) is 12.2. The van der Waals surface area contributed by atoms with Crippen molar-refractivity contribution in [2.24, 2.45) is 0 Å². The summed E-state index contributed by atoms with van der Waals surface area (Å²) in [7, 11) is 0. The van der Waals surface area contributed by atoms with Crippen molar-refractivity contribution < 1.29 is 9.18 Å². The van der Waals surface area contributed by atoms with Crippen molar-refractivity contribution in [3.8, 4) is 0 Å². The molecule has 0 radical (unpaired) electrons. The summed E-state index contributed by atoms with van der Waals surface area (Å²) in [5.41, 5.74) is -0.975. The molecule has 0 spiro atoms. The molecule has 1 aliphatic rings. The number of carbonyl (C=O) groups excluding carboxylic acids is 1. The first kappa shape index (κ1) is 15.0. The third-order valence-electron chi connectivity index (χ3n) is 3.81. The second-order valence-corrected chi connectivity index (χ2v) is 5.22. The summed E-state index contributed by atoms with van der Waals surface area (Å²) >= 11 is 0. The van der Waals surface area contributed by atoms with Crippen molar-refractivity contribution in [2.45, 2.75) is 0 Å². The Kier molecular flexibility index (Phi) is 3.96. The highest BCUT2D eigenvalue weighted by atomic mass is 19.1. The van der Waals surface area contributed by atoms with Crippen LogP contribution >= 0.6 is 0 Å². The zero-order valence-corrected chi connectivity index (χ0v) is 12.2. The maximum absolute atomic E-state index is 13.8. The molecule has 0 unspecified atom stereocenters. The first-order valence-electron chi connectivity index (χ1n) is 7.17. The molecule has 2 heterocycles. The van der Waals surface area contributed by atoms with Gasteiger partial charge in [-0.15, -0.1) is 0 Å². The molecule has 7 nitrogen and oxygen atoms in total. The van der Waals surface area contributed by atoms with Gasteiger partial charge in [-0.25, -0.2) is 9.18 Å². The minimum Gasteiger partial charge on any atom is -0.366 e. The van der Waals surface area contributed by atoms with Gasteiger partial charge in [-0.1, -0.05) is 12.1 Å². The number of benzene rings is 1. The fraction of sp³-hybridized carbons (Fsp3) is 0.267. The maximum Gasteiger partial charge on any atom is 0.325 e. The molecule has 3 rings (SSSR count). The summed E-state index contributed by atoms with van der Waals surface area (Å²) in [6.07, 6.45) is 1.12. The van der Waals surface area contributed by atoms with Crippen LogP contribution in [0.2, 0.25) is 0 Å². The Morgan fingerprint density at radius 2 is 1.78 bits per heavy atom. The number of nitrogens with zero attached hydrogens (tertiary/aromatic N) is 2. The molecule has 0 aliphatic carbocycles. The third kappa shape index (κ3) is 3.01. The van der Waals surface area contributed by atoms with Crippen LogP contribution in [0.1, 0.15) is 10.4 Å². The van der Waals surface area contributed by atoms with Crippen LogP contribution in [-0.4, -0.2) is 47.0 Å². The molecule has 0 saturated carbocycles. The monoisotopic (exact) mass is 318 g/mol. The predicted molar refractivity (Wildman–Crippen MR) is 82.2 cm³/mol. The molecule has 1 aromatic carbocycles. The number of amides is 1. The average molecular weight is 318 g/mol. The van der Waals surface area contributed by atoms with E-state index in [9.17, 15) is 18.8 Å². The van der Waals surface area contributed by atoms with Crippen molar-refractivity contribution in [3.05, 3.63) is 62.7 Å². The Labute approximate surface area is 130 Å². The molecule has 1 fully saturated rings. The van der Waals surface area contributed by atoms with Gasteiger partial charge in [0.1, 0.15) is 11.4 Å². The van der Waals surface area contributed by atoms with Crippen molar-refractivity contribution in [1.82, 2.24) is 14.9 Å². The lowest BCUT2D eigenvalue weighted by Crippen LogP contribution is -2.50. The van der Waals surface area contributed by atoms with Gasteiger partial charge in [0.05, 0.1) is 5.69 Å². The van der Waals surface area contributed by atoms with Crippen molar-refractivity contribution in [2.75, 3.05) is 31.1 Å². The number of hydrogen-bond acceptors (Lipinski definition) is 4. The number of rotatable bonds is 2. The number of carbonyl (C=O) groups is 1. The second kappa shape index (κ2) is 6.07. The van der Waals surface area contributed by atoms with Gasteiger partial charge in [0.2, 0.25) is 0 Å². The van der Waals surface area contributed by atoms with Crippen LogP contribution in [0.3, 0.4) is 0 Å². The molecule has 1 aliphatic heterocycles. The fourth-order valence-electron chi connectivity index (χ4n) is 2.60. The van der Waals surface area contributed by atoms with E-state index >= 15 is 0 Å². The Balaban J connectivity index is 1.71. The number of hydrogen-bond donors (Lipinski definition) is 2. The molecule has 23 heavy (non-hydrogen) atoms. The Hall–Kier alpha value is -2.90. The fourth-order valence-corrected chi connectivity index (χ4v) is 2.60. The Morgan fingerprint density at radius 3 is 2.43 bits per heavy atom. The van der Waals surface area contributed by atoms with Crippen molar-refractivity contribution >= 4 is 11.6 Å². The van der Waals surface area contributed by atoms with E-state index in [0.717, 1.165) is 6.20 Å². The van der Waals surface area contributed by atoms with Gasteiger partial charge < -0.3 is 14.8 Å². The quantitative estimate of drug-likeness (QED) is 0.826. The van der Waals surface area contributed by atoms with Gasteiger partial charge >= 0.3 is 5.69 Å². The van der Waals surface area contributed by atoms with Gasteiger partial charge in [0.15, 0.2) is 0 Å². The molecule has 1 aromatic heterocycles. The first-order valence-corrected chi connectivity index (χ1v) is 7.17. The number of para-hydroxylation sites is 1. The zero-order chi connectivity index (χ0) is 16.4. The standard InChI is InChI=1S/C15H15FN4O3/c16-11-3-1-2-4-12(11)19-5-7-20(8-6-19)14(22)10-9-17-15(23)18-13(10)21/h1-4,9H,5-8H2,(H2,17,18,21,23). The lowest BCUT2D eigenvalue weighted by molar-refractivity contribution is 0.0744. The molecular formula is C15H15FN4O3. The topological polar surface area (TPSA) is 89.3 Å². The van der Waals surface area contributed by atoms with Gasteiger partial charge in [-0.05, 0) is 12.1 Å². The van der Waals surface area contributed by atoms with E-state index in [1.54, 1.807) is 18.2 Å². The van der Waals surface area contributed by atoms with Crippen LogP contribution in [-0.2, 0) is 0 Å².